The molecule has 1 aliphatic rings. The molecule has 0 bridgehead atoms. The maximum atomic E-state index is 12.2. The van der Waals surface area contributed by atoms with Gasteiger partial charge in [0.1, 0.15) is 0 Å². The SMILES string of the molecule is O=C(Nc1ccccc1C(=O)NC1CC1)c1ccc([N+](=O)[O-])s1. The van der Waals surface area contributed by atoms with Crippen LogP contribution in [0.15, 0.2) is 36.4 Å². The van der Waals surface area contributed by atoms with Gasteiger partial charge in [0.05, 0.1) is 21.1 Å². The van der Waals surface area contributed by atoms with Crippen LogP contribution < -0.4 is 10.6 Å². The lowest BCUT2D eigenvalue weighted by atomic mass is 10.1. The summed E-state index contributed by atoms with van der Waals surface area (Å²) >= 11 is 0.792. The van der Waals surface area contributed by atoms with Crippen LogP contribution in [0.5, 0.6) is 0 Å². The third-order valence-electron chi connectivity index (χ3n) is 3.33. The number of nitrogens with one attached hydrogen (secondary N) is 2. The Bertz CT molecular complexity index is 783. The number of carbonyl (C=O) groups is 2. The lowest BCUT2D eigenvalue weighted by molar-refractivity contribution is -0.380. The van der Waals surface area contributed by atoms with Gasteiger partial charge in [-0.15, -0.1) is 0 Å². The Morgan fingerprint density at radius 2 is 1.87 bits per heavy atom. The molecule has 118 valence electrons. The van der Waals surface area contributed by atoms with E-state index in [1.807, 2.05) is 0 Å². The number of thiophene rings is 1. The van der Waals surface area contributed by atoms with Crippen LogP contribution in [-0.4, -0.2) is 22.8 Å². The molecule has 1 aromatic heterocycles. The molecule has 1 fully saturated rings. The smallest absolute Gasteiger partial charge is 0.324 e. The molecule has 2 amide bonds. The number of hydrogen-bond acceptors (Lipinski definition) is 5. The predicted molar refractivity (Wildman–Crippen MR) is 85.9 cm³/mol. The molecule has 23 heavy (non-hydrogen) atoms. The molecule has 0 unspecified atom stereocenters. The number of para-hydroxylation sites is 1. The summed E-state index contributed by atoms with van der Waals surface area (Å²) in [6, 6.07) is 9.57. The number of nitrogens with zero attached hydrogens (tertiary/aromatic N) is 1. The Balaban J connectivity index is 1.77. The lowest BCUT2D eigenvalue weighted by Crippen LogP contribution is -2.26. The van der Waals surface area contributed by atoms with Gasteiger partial charge in [-0.05, 0) is 31.0 Å². The number of rotatable bonds is 5. The summed E-state index contributed by atoms with van der Waals surface area (Å²) in [6.07, 6.45) is 1.94. The third-order valence-corrected chi connectivity index (χ3v) is 4.36. The van der Waals surface area contributed by atoms with Crippen LogP contribution in [0, 0.1) is 10.1 Å². The number of nitro groups is 1. The molecule has 0 atom stereocenters. The first-order valence-corrected chi connectivity index (χ1v) is 7.81. The van der Waals surface area contributed by atoms with Gasteiger partial charge in [-0.1, -0.05) is 23.5 Å². The van der Waals surface area contributed by atoms with Gasteiger partial charge in [-0.25, -0.2) is 0 Å². The minimum atomic E-state index is -0.543. The van der Waals surface area contributed by atoms with E-state index < -0.39 is 10.8 Å². The Morgan fingerprint density at radius 1 is 1.13 bits per heavy atom. The van der Waals surface area contributed by atoms with Crippen molar-refractivity contribution >= 4 is 33.8 Å². The third kappa shape index (κ3) is 3.54. The highest BCUT2D eigenvalue weighted by Gasteiger charge is 2.25. The molecule has 8 heteroatoms. The van der Waals surface area contributed by atoms with E-state index in [1.165, 1.54) is 12.1 Å². The van der Waals surface area contributed by atoms with Crippen molar-refractivity contribution in [3.05, 3.63) is 57.0 Å². The highest BCUT2D eigenvalue weighted by atomic mass is 32.1. The van der Waals surface area contributed by atoms with Crippen molar-refractivity contribution in [2.75, 3.05) is 5.32 Å². The lowest BCUT2D eigenvalue weighted by Gasteiger charge is -2.10. The molecule has 2 aromatic rings. The molecule has 1 heterocycles. The van der Waals surface area contributed by atoms with Crippen LogP contribution in [0.2, 0.25) is 0 Å². The second-order valence-corrected chi connectivity index (χ2v) is 6.20. The van der Waals surface area contributed by atoms with E-state index in [0.29, 0.717) is 11.3 Å². The van der Waals surface area contributed by atoms with Crippen molar-refractivity contribution in [2.24, 2.45) is 0 Å². The summed E-state index contributed by atoms with van der Waals surface area (Å²) in [5.41, 5.74) is 0.755. The molecule has 7 nitrogen and oxygen atoms in total. The Morgan fingerprint density at radius 3 is 2.52 bits per heavy atom. The normalized spacial score (nSPS) is 13.4. The summed E-state index contributed by atoms with van der Waals surface area (Å²) in [4.78, 5) is 34.7. The maximum absolute atomic E-state index is 12.2. The van der Waals surface area contributed by atoms with Crippen LogP contribution >= 0.6 is 11.3 Å². The van der Waals surface area contributed by atoms with Gasteiger partial charge in [0, 0.05) is 12.1 Å². The van der Waals surface area contributed by atoms with Crippen LogP contribution in [-0.2, 0) is 0 Å². The molecule has 0 saturated heterocycles. The van der Waals surface area contributed by atoms with Gasteiger partial charge in [-0.3, -0.25) is 19.7 Å². The number of benzene rings is 1. The Labute approximate surface area is 135 Å². The van der Waals surface area contributed by atoms with E-state index in [-0.39, 0.29) is 21.8 Å². The molecule has 0 radical (unpaired) electrons. The fourth-order valence-electron chi connectivity index (χ4n) is 2.01. The molecule has 3 rings (SSSR count). The molecular weight excluding hydrogens is 318 g/mol. The van der Waals surface area contributed by atoms with Gasteiger partial charge < -0.3 is 10.6 Å². The van der Waals surface area contributed by atoms with Gasteiger partial charge in [0.25, 0.3) is 11.8 Å². The van der Waals surface area contributed by atoms with Crippen molar-refractivity contribution < 1.29 is 14.5 Å². The average molecular weight is 331 g/mol. The van der Waals surface area contributed by atoms with Crippen molar-refractivity contribution in [3.63, 3.8) is 0 Å². The first kappa shape index (κ1) is 15.2. The van der Waals surface area contributed by atoms with Crippen molar-refractivity contribution in [1.29, 1.82) is 0 Å². The second kappa shape index (κ2) is 6.17. The summed E-state index contributed by atoms with van der Waals surface area (Å²) in [5.74, 6) is -0.713. The fourth-order valence-corrected chi connectivity index (χ4v) is 2.73. The number of carbonyl (C=O) groups excluding carboxylic acids is 2. The predicted octanol–water partition coefficient (Wildman–Crippen LogP) is 2.80. The van der Waals surface area contributed by atoms with E-state index in [9.17, 15) is 19.7 Å². The summed E-state index contributed by atoms with van der Waals surface area (Å²) < 4.78 is 0. The molecular formula is C15H13N3O4S. The van der Waals surface area contributed by atoms with Gasteiger partial charge in [0.15, 0.2) is 0 Å². The number of amides is 2. The minimum absolute atomic E-state index is 0.102. The van der Waals surface area contributed by atoms with E-state index in [4.69, 9.17) is 0 Å². The van der Waals surface area contributed by atoms with Crippen LogP contribution in [0.25, 0.3) is 0 Å². The molecule has 1 aliphatic carbocycles. The Hall–Kier alpha value is -2.74. The highest BCUT2D eigenvalue weighted by molar-refractivity contribution is 7.17. The summed E-state index contributed by atoms with van der Waals surface area (Å²) in [5, 5.41) is 16.1. The average Bonchev–Trinajstić information content (AvgIpc) is 3.18. The minimum Gasteiger partial charge on any atom is -0.349 e. The van der Waals surface area contributed by atoms with Crippen LogP contribution in [0.4, 0.5) is 10.7 Å². The number of hydrogen-bond donors (Lipinski definition) is 2. The molecule has 0 aliphatic heterocycles. The van der Waals surface area contributed by atoms with Crippen molar-refractivity contribution in [1.82, 2.24) is 5.32 Å². The highest BCUT2D eigenvalue weighted by Crippen LogP contribution is 2.26. The van der Waals surface area contributed by atoms with E-state index >= 15 is 0 Å². The zero-order chi connectivity index (χ0) is 16.4. The zero-order valence-electron chi connectivity index (χ0n) is 11.9. The molecule has 1 saturated carbocycles. The van der Waals surface area contributed by atoms with E-state index in [0.717, 1.165) is 24.2 Å². The van der Waals surface area contributed by atoms with Gasteiger partial charge >= 0.3 is 5.00 Å². The Kier molecular flexibility index (Phi) is 4.07. The van der Waals surface area contributed by atoms with Gasteiger partial charge in [0.2, 0.25) is 0 Å². The first-order chi connectivity index (χ1) is 11.0. The fraction of sp³-hybridized carbons (Fsp3) is 0.200. The quantitative estimate of drug-likeness (QED) is 0.649. The monoisotopic (exact) mass is 331 g/mol. The van der Waals surface area contributed by atoms with E-state index in [1.54, 1.807) is 24.3 Å². The largest absolute Gasteiger partial charge is 0.349 e. The molecule has 1 aromatic carbocycles. The standard InChI is InChI=1S/C15H13N3O4S/c19-14(16-9-5-6-9)10-3-1-2-4-11(10)17-15(20)12-7-8-13(23-12)18(21)22/h1-4,7-9H,5-6H2,(H,16,19)(H,17,20). The van der Waals surface area contributed by atoms with Crippen LogP contribution in [0.1, 0.15) is 32.9 Å². The number of anilines is 1. The topological polar surface area (TPSA) is 101 Å². The molecule has 2 N–H and O–H groups in total. The van der Waals surface area contributed by atoms with Crippen LogP contribution in [0.3, 0.4) is 0 Å². The zero-order valence-corrected chi connectivity index (χ0v) is 12.8. The first-order valence-electron chi connectivity index (χ1n) is 7.00. The van der Waals surface area contributed by atoms with Crippen molar-refractivity contribution in [2.45, 2.75) is 18.9 Å². The second-order valence-electron chi connectivity index (χ2n) is 5.14. The summed E-state index contributed by atoms with van der Waals surface area (Å²) in [7, 11) is 0. The maximum Gasteiger partial charge on any atom is 0.324 e. The van der Waals surface area contributed by atoms with Crippen molar-refractivity contribution in [3.8, 4) is 0 Å². The molecule has 0 spiro atoms. The van der Waals surface area contributed by atoms with E-state index in [2.05, 4.69) is 10.6 Å². The summed E-state index contributed by atoms with van der Waals surface area (Å²) in [6.45, 7) is 0. The van der Waals surface area contributed by atoms with Gasteiger partial charge in [-0.2, -0.15) is 0 Å².